The molecule has 0 aromatic carbocycles. The molecule has 6 atom stereocenters. The highest BCUT2D eigenvalue weighted by molar-refractivity contribution is 5.74. The highest BCUT2D eigenvalue weighted by Gasteiger charge is 2.67. The SMILES string of the molecule is C/C(=C\O)C1=CC=C2[C@@](C)(CC[C@@]3(C)[C@@H]4C[C@](C)(C(=O)O)CC[C@]4(C)CC[C@]23C)/C1=C/C=O. The molecule has 0 radical (unpaired) electrons. The van der Waals surface area contributed by atoms with Crippen LogP contribution in [-0.4, -0.2) is 22.5 Å². The number of hydrogen-bond donors (Lipinski definition) is 2. The number of rotatable bonds is 3. The zero-order valence-electron chi connectivity index (χ0n) is 21.1. The van der Waals surface area contributed by atoms with E-state index in [2.05, 4.69) is 39.8 Å². The first-order valence-electron chi connectivity index (χ1n) is 12.5. The molecule has 0 aliphatic heterocycles. The molecule has 4 nitrogen and oxygen atoms in total. The molecule has 0 aromatic rings. The average Bonchev–Trinajstić information content (AvgIpc) is 2.77. The number of hydrogen-bond acceptors (Lipinski definition) is 3. The first-order valence-corrected chi connectivity index (χ1v) is 12.5. The topological polar surface area (TPSA) is 74.6 Å². The molecule has 2 N–H and O–H groups in total. The number of carboxylic acids is 1. The summed E-state index contributed by atoms with van der Waals surface area (Å²) >= 11 is 0. The van der Waals surface area contributed by atoms with E-state index in [0.29, 0.717) is 5.92 Å². The van der Waals surface area contributed by atoms with Crippen LogP contribution < -0.4 is 0 Å². The van der Waals surface area contributed by atoms with Gasteiger partial charge in [-0.15, -0.1) is 0 Å². The Morgan fingerprint density at radius 1 is 1.00 bits per heavy atom. The Bertz CT molecular complexity index is 1010. The summed E-state index contributed by atoms with van der Waals surface area (Å²) in [5, 5.41) is 19.8. The van der Waals surface area contributed by atoms with Crippen molar-refractivity contribution >= 4 is 12.3 Å². The number of allylic oxidation sites excluding steroid dienone is 7. The summed E-state index contributed by atoms with van der Waals surface area (Å²) in [6, 6.07) is 0. The molecule has 0 unspecified atom stereocenters. The lowest BCUT2D eigenvalue weighted by Gasteiger charge is -2.69. The highest BCUT2D eigenvalue weighted by atomic mass is 16.4. The Morgan fingerprint density at radius 2 is 1.67 bits per heavy atom. The third-order valence-electron chi connectivity index (χ3n) is 11.0. The number of carbonyl (C=O) groups is 2. The van der Waals surface area contributed by atoms with E-state index in [1.54, 1.807) is 6.08 Å². The molecule has 4 aliphatic rings. The first kappa shape index (κ1) is 24.0. The number of carbonyl (C=O) groups excluding carboxylic acids is 1. The van der Waals surface area contributed by atoms with Gasteiger partial charge in [0.25, 0.3) is 0 Å². The van der Waals surface area contributed by atoms with E-state index >= 15 is 0 Å². The standard InChI is InChI=1S/C29H40O4/c1-19(18-31)20-7-8-22-27(4,21(20)9-16-30)13-15-29(6)23-17-26(3,24(32)33)11-10-25(23,2)12-14-28(22,29)5/h7-9,16,18,23,31H,10-15,17H2,1-6H3,(H,32,33)/b19-18+,21-9+/t23-,25-,26-,27+,28-,29+/m1/s1. The van der Waals surface area contributed by atoms with Gasteiger partial charge < -0.3 is 10.2 Å². The molecule has 3 saturated carbocycles. The Labute approximate surface area is 198 Å². The number of aliphatic hydroxyl groups excluding tert-OH is 1. The van der Waals surface area contributed by atoms with E-state index in [0.717, 1.165) is 74.2 Å². The van der Waals surface area contributed by atoms with Gasteiger partial charge in [0.05, 0.1) is 11.7 Å². The lowest BCUT2D eigenvalue weighted by atomic mass is 9.34. The van der Waals surface area contributed by atoms with Crippen LogP contribution >= 0.6 is 0 Å². The summed E-state index contributed by atoms with van der Waals surface area (Å²) < 4.78 is 0. The number of aldehydes is 1. The van der Waals surface area contributed by atoms with Crippen molar-refractivity contribution in [2.45, 2.75) is 86.5 Å². The quantitative estimate of drug-likeness (QED) is 0.276. The second kappa shape index (κ2) is 7.45. The lowest BCUT2D eigenvalue weighted by Crippen LogP contribution is -2.62. The van der Waals surface area contributed by atoms with Gasteiger partial charge in [0.2, 0.25) is 0 Å². The van der Waals surface area contributed by atoms with Crippen LogP contribution in [0.5, 0.6) is 0 Å². The molecule has 0 bridgehead atoms. The summed E-state index contributed by atoms with van der Waals surface area (Å²) in [6.07, 6.45) is 14.6. The predicted octanol–water partition coefficient (Wildman–Crippen LogP) is 6.94. The van der Waals surface area contributed by atoms with Gasteiger partial charge in [0.1, 0.15) is 6.29 Å². The minimum atomic E-state index is -0.661. The lowest BCUT2D eigenvalue weighted by molar-refractivity contribution is -0.178. The van der Waals surface area contributed by atoms with E-state index < -0.39 is 11.4 Å². The van der Waals surface area contributed by atoms with Crippen molar-refractivity contribution in [1.29, 1.82) is 0 Å². The summed E-state index contributed by atoms with van der Waals surface area (Å²) in [4.78, 5) is 23.9. The third kappa shape index (κ3) is 3.08. The zero-order chi connectivity index (χ0) is 24.4. The molecule has 0 heterocycles. The molecule has 0 aromatic heterocycles. The van der Waals surface area contributed by atoms with Crippen LogP contribution in [0, 0.1) is 33.0 Å². The van der Waals surface area contributed by atoms with Gasteiger partial charge in [-0.1, -0.05) is 45.4 Å². The van der Waals surface area contributed by atoms with Crippen molar-refractivity contribution < 1.29 is 19.8 Å². The Morgan fingerprint density at radius 3 is 2.27 bits per heavy atom. The summed E-state index contributed by atoms with van der Waals surface area (Å²) in [5.74, 6) is -0.319. The van der Waals surface area contributed by atoms with Gasteiger partial charge in [-0.2, -0.15) is 0 Å². The van der Waals surface area contributed by atoms with Crippen molar-refractivity contribution in [3.8, 4) is 0 Å². The van der Waals surface area contributed by atoms with Crippen molar-refractivity contribution in [2.24, 2.45) is 33.0 Å². The second-order valence-electron chi connectivity index (χ2n) is 12.5. The predicted molar refractivity (Wildman–Crippen MR) is 131 cm³/mol. The largest absolute Gasteiger partial charge is 0.515 e. The van der Waals surface area contributed by atoms with Crippen molar-refractivity contribution in [3.05, 3.63) is 46.8 Å². The highest BCUT2D eigenvalue weighted by Crippen LogP contribution is 2.75. The van der Waals surface area contributed by atoms with Crippen LogP contribution in [0.1, 0.15) is 86.5 Å². The fourth-order valence-electron chi connectivity index (χ4n) is 8.33. The Balaban J connectivity index is 1.87. The number of aliphatic carboxylic acids is 1. The molecule has 0 saturated heterocycles. The summed E-state index contributed by atoms with van der Waals surface area (Å²) in [6.45, 7) is 13.3. The second-order valence-corrected chi connectivity index (χ2v) is 12.5. The van der Waals surface area contributed by atoms with Gasteiger partial charge in [-0.3, -0.25) is 9.59 Å². The smallest absolute Gasteiger partial charge is 0.309 e. The van der Waals surface area contributed by atoms with Gasteiger partial charge in [0, 0.05) is 5.41 Å². The van der Waals surface area contributed by atoms with Crippen molar-refractivity contribution in [1.82, 2.24) is 0 Å². The van der Waals surface area contributed by atoms with Gasteiger partial charge >= 0.3 is 5.97 Å². The molecular weight excluding hydrogens is 412 g/mol. The molecule has 0 amide bonds. The monoisotopic (exact) mass is 452 g/mol. The zero-order valence-corrected chi connectivity index (χ0v) is 21.1. The van der Waals surface area contributed by atoms with Gasteiger partial charge in [-0.25, -0.2) is 0 Å². The Hall–Kier alpha value is -2.10. The van der Waals surface area contributed by atoms with Crippen molar-refractivity contribution in [3.63, 3.8) is 0 Å². The number of carboxylic acid groups (broad SMARTS) is 1. The van der Waals surface area contributed by atoms with Crippen LogP contribution in [0.15, 0.2) is 46.8 Å². The van der Waals surface area contributed by atoms with Crippen molar-refractivity contribution in [2.75, 3.05) is 0 Å². The van der Waals surface area contributed by atoms with E-state index in [-0.39, 0.29) is 21.7 Å². The van der Waals surface area contributed by atoms with Gasteiger partial charge in [-0.05, 0) is 104 Å². The van der Waals surface area contributed by atoms with Crippen LogP contribution in [0.25, 0.3) is 0 Å². The maximum Gasteiger partial charge on any atom is 0.309 e. The van der Waals surface area contributed by atoms with E-state index in [9.17, 15) is 19.8 Å². The molecule has 33 heavy (non-hydrogen) atoms. The Kier molecular flexibility index (Phi) is 5.43. The van der Waals surface area contributed by atoms with Crippen LogP contribution in [0.4, 0.5) is 0 Å². The maximum atomic E-state index is 12.2. The number of aliphatic hydroxyl groups is 1. The maximum absolute atomic E-state index is 12.2. The summed E-state index contributed by atoms with van der Waals surface area (Å²) in [5.41, 5.74) is 3.20. The molecule has 3 fully saturated rings. The van der Waals surface area contributed by atoms with E-state index in [1.165, 1.54) is 5.57 Å². The molecule has 0 spiro atoms. The number of fused-ring (bicyclic) bond motifs is 5. The normalized spacial score (nSPS) is 46.4. The molecule has 4 rings (SSSR count). The third-order valence-corrected chi connectivity index (χ3v) is 11.0. The van der Waals surface area contributed by atoms with Crippen LogP contribution in [0.2, 0.25) is 0 Å². The molecule has 4 aliphatic carbocycles. The molecular formula is C29H40O4. The van der Waals surface area contributed by atoms with E-state index in [1.807, 2.05) is 13.8 Å². The van der Waals surface area contributed by atoms with Gasteiger partial charge in [0.15, 0.2) is 0 Å². The fraction of sp³-hybridized carbons (Fsp3) is 0.655. The molecule has 4 heteroatoms. The minimum Gasteiger partial charge on any atom is -0.515 e. The average molecular weight is 453 g/mol. The van der Waals surface area contributed by atoms with E-state index in [4.69, 9.17) is 0 Å². The first-order chi connectivity index (χ1) is 15.3. The minimum absolute atomic E-state index is 0.0119. The summed E-state index contributed by atoms with van der Waals surface area (Å²) in [7, 11) is 0. The molecule has 180 valence electrons. The van der Waals surface area contributed by atoms with Crippen LogP contribution in [0.3, 0.4) is 0 Å². The fourth-order valence-corrected chi connectivity index (χ4v) is 8.33. The van der Waals surface area contributed by atoms with Crippen LogP contribution in [-0.2, 0) is 9.59 Å².